The second kappa shape index (κ2) is 11.1. The summed E-state index contributed by atoms with van der Waals surface area (Å²) in [5, 5.41) is 9.04. The minimum Gasteiger partial charge on any atom is -0.474 e. The van der Waals surface area contributed by atoms with Crippen molar-refractivity contribution in [2.75, 3.05) is 39.3 Å². The van der Waals surface area contributed by atoms with Crippen molar-refractivity contribution in [1.82, 2.24) is 23.9 Å². The lowest BCUT2D eigenvalue weighted by molar-refractivity contribution is 0.0684. The van der Waals surface area contributed by atoms with Crippen molar-refractivity contribution >= 4 is 0 Å². The zero-order chi connectivity index (χ0) is 23.3. The van der Waals surface area contributed by atoms with Crippen LogP contribution in [0.3, 0.4) is 0 Å². The van der Waals surface area contributed by atoms with Gasteiger partial charge in [-0.3, -0.25) is 14.0 Å². The van der Waals surface area contributed by atoms with E-state index in [0.717, 1.165) is 83.4 Å². The summed E-state index contributed by atoms with van der Waals surface area (Å²) >= 11 is 0. The van der Waals surface area contributed by atoms with Gasteiger partial charge in [-0.05, 0) is 63.9 Å². The molecule has 0 bridgehead atoms. The number of aromatic nitrogens is 3. The van der Waals surface area contributed by atoms with E-state index in [1.165, 1.54) is 12.8 Å². The van der Waals surface area contributed by atoms with E-state index < -0.39 is 0 Å². The lowest BCUT2D eigenvalue weighted by Gasteiger charge is -2.42. The molecule has 2 saturated carbocycles. The summed E-state index contributed by atoms with van der Waals surface area (Å²) in [7, 11) is 0. The highest BCUT2D eigenvalue weighted by atomic mass is 16.5. The van der Waals surface area contributed by atoms with Crippen molar-refractivity contribution in [3.8, 4) is 11.6 Å². The first-order chi connectivity index (χ1) is 16.7. The third-order valence-corrected chi connectivity index (χ3v) is 8.01. The Bertz CT molecular complexity index is 950. The molecule has 186 valence electrons. The van der Waals surface area contributed by atoms with Crippen molar-refractivity contribution in [3.63, 3.8) is 0 Å². The Balaban J connectivity index is 1.14. The Morgan fingerprint density at radius 1 is 0.941 bits per heavy atom. The third kappa shape index (κ3) is 5.39. The molecule has 1 aliphatic heterocycles. The molecule has 1 saturated heterocycles. The summed E-state index contributed by atoms with van der Waals surface area (Å²) in [6, 6.07) is 4.71. The minimum atomic E-state index is 0.0206. The minimum absolute atomic E-state index is 0.0206. The molecule has 8 nitrogen and oxygen atoms in total. The molecule has 3 aliphatic rings. The molecule has 0 amide bonds. The molecule has 3 heterocycles. The van der Waals surface area contributed by atoms with Crippen LogP contribution in [-0.2, 0) is 0 Å². The van der Waals surface area contributed by atoms with Crippen LogP contribution in [0, 0.1) is 0 Å². The van der Waals surface area contributed by atoms with Gasteiger partial charge in [0.15, 0.2) is 0 Å². The first-order valence-electron chi connectivity index (χ1n) is 13.2. The van der Waals surface area contributed by atoms with E-state index >= 15 is 0 Å². The standard InChI is InChI=1S/C26H39N5O3/c32-19-3-12-28-13-15-29(16-14-28)21-6-8-22(9-7-21)30-17-18-31(26(30)33)23-10-11-25(27-20-23)34-24-4-1-2-5-24/h10-11,17-18,20-22,24,32H,1-9,12-16,19H2. The number of hydrogen-bond acceptors (Lipinski definition) is 6. The Kier molecular flexibility index (Phi) is 7.67. The first kappa shape index (κ1) is 23.6. The average molecular weight is 470 g/mol. The Morgan fingerprint density at radius 3 is 2.35 bits per heavy atom. The third-order valence-electron chi connectivity index (χ3n) is 8.01. The SMILES string of the molecule is O=c1n(-c2ccc(OC3CCCC3)nc2)ccn1C1CCC(N2CCN(CCCO)CC2)CC1. The highest BCUT2D eigenvalue weighted by Gasteiger charge is 2.29. The number of nitrogens with zero attached hydrogens (tertiary/aromatic N) is 5. The molecular weight excluding hydrogens is 430 g/mol. The first-order valence-corrected chi connectivity index (χ1v) is 13.2. The molecule has 0 unspecified atom stereocenters. The van der Waals surface area contributed by atoms with E-state index in [1.807, 2.05) is 29.1 Å². The largest absolute Gasteiger partial charge is 0.474 e. The lowest BCUT2D eigenvalue weighted by atomic mass is 9.89. The van der Waals surface area contributed by atoms with Crippen LogP contribution in [0.1, 0.15) is 63.8 Å². The topological polar surface area (TPSA) is 75.8 Å². The van der Waals surface area contributed by atoms with Crippen LogP contribution in [0.15, 0.2) is 35.5 Å². The van der Waals surface area contributed by atoms with Crippen LogP contribution >= 0.6 is 0 Å². The fraction of sp³-hybridized carbons (Fsp3) is 0.692. The van der Waals surface area contributed by atoms with Gasteiger partial charge in [0.05, 0.1) is 11.9 Å². The number of piperazine rings is 1. The average Bonchev–Trinajstić information content (AvgIpc) is 3.53. The molecule has 34 heavy (non-hydrogen) atoms. The molecule has 1 N–H and O–H groups in total. The zero-order valence-electron chi connectivity index (χ0n) is 20.2. The van der Waals surface area contributed by atoms with Gasteiger partial charge in [-0.1, -0.05) is 0 Å². The maximum Gasteiger partial charge on any atom is 0.333 e. The number of pyridine rings is 1. The van der Waals surface area contributed by atoms with E-state index in [2.05, 4.69) is 14.8 Å². The monoisotopic (exact) mass is 469 g/mol. The summed E-state index contributed by atoms with van der Waals surface area (Å²) in [5.41, 5.74) is 0.808. The summed E-state index contributed by atoms with van der Waals surface area (Å²) in [4.78, 5) is 22.7. The Morgan fingerprint density at radius 2 is 1.68 bits per heavy atom. The van der Waals surface area contributed by atoms with E-state index in [9.17, 15) is 4.79 Å². The molecule has 2 aromatic heterocycles. The van der Waals surface area contributed by atoms with Crippen LogP contribution in [0.25, 0.3) is 5.69 Å². The van der Waals surface area contributed by atoms with Crippen LogP contribution < -0.4 is 10.4 Å². The van der Waals surface area contributed by atoms with Crippen molar-refractivity contribution < 1.29 is 9.84 Å². The van der Waals surface area contributed by atoms with Gasteiger partial charge in [0.25, 0.3) is 0 Å². The number of imidazole rings is 1. The highest BCUT2D eigenvalue weighted by Crippen LogP contribution is 2.31. The van der Waals surface area contributed by atoms with Gasteiger partial charge < -0.3 is 14.7 Å². The van der Waals surface area contributed by atoms with E-state index in [1.54, 1.807) is 10.8 Å². The van der Waals surface area contributed by atoms with Crippen molar-refractivity contribution in [3.05, 3.63) is 41.2 Å². The van der Waals surface area contributed by atoms with E-state index in [4.69, 9.17) is 9.84 Å². The Labute approximate surface area is 202 Å². The van der Waals surface area contributed by atoms with Gasteiger partial charge in [-0.2, -0.15) is 0 Å². The van der Waals surface area contributed by atoms with Crippen molar-refractivity contribution in [2.24, 2.45) is 0 Å². The van der Waals surface area contributed by atoms with E-state index in [0.29, 0.717) is 11.9 Å². The Hall–Kier alpha value is -2.16. The smallest absolute Gasteiger partial charge is 0.333 e. The zero-order valence-corrected chi connectivity index (χ0v) is 20.2. The maximum absolute atomic E-state index is 13.2. The quantitative estimate of drug-likeness (QED) is 0.641. The fourth-order valence-corrected chi connectivity index (χ4v) is 5.97. The second-order valence-corrected chi connectivity index (χ2v) is 10.2. The van der Waals surface area contributed by atoms with Crippen LogP contribution in [0.4, 0.5) is 0 Å². The fourth-order valence-electron chi connectivity index (χ4n) is 5.97. The molecule has 3 fully saturated rings. The number of hydrogen-bond donors (Lipinski definition) is 1. The molecule has 0 atom stereocenters. The van der Waals surface area contributed by atoms with Crippen LogP contribution in [0.2, 0.25) is 0 Å². The summed E-state index contributed by atoms with van der Waals surface area (Å²) < 4.78 is 9.58. The van der Waals surface area contributed by atoms with Gasteiger partial charge >= 0.3 is 5.69 Å². The van der Waals surface area contributed by atoms with Gasteiger partial charge in [0, 0.05) is 69.9 Å². The molecule has 0 spiro atoms. The van der Waals surface area contributed by atoms with E-state index in [-0.39, 0.29) is 24.4 Å². The molecular formula is C26H39N5O3. The number of aliphatic hydroxyl groups excluding tert-OH is 1. The molecule has 8 heteroatoms. The molecule has 5 rings (SSSR count). The van der Waals surface area contributed by atoms with Gasteiger partial charge in [0.1, 0.15) is 6.10 Å². The normalized spacial score (nSPS) is 25.1. The lowest BCUT2D eigenvalue weighted by Crippen LogP contribution is -2.51. The molecule has 2 aliphatic carbocycles. The van der Waals surface area contributed by atoms with Gasteiger partial charge in [-0.15, -0.1) is 0 Å². The summed E-state index contributed by atoms with van der Waals surface area (Å²) in [6.45, 7) is 5.71. The summed E-state index contributed by atoms with van der Waals surface area (Å²) in [6.07, 6.45) is 15.8. The second-order valence-electron chi connectivity index (χ2n) is 10.2. The maximum atomic E-state index is 13.2. The van der Waals surface area contributed by atoms with Crippen LogP contribution in [0.5, 0.6) is 5.88 Å². The van der Waals surface area contributed by atoms with Gasteiger partial charge in [0.2, 0.25) is 5.88 Å². The highest BCUT2D eigenvalue weighted by molar-refractivity contribution is 5.31. The summed E-state index contributed by atoms with van der Waals surface area (Å²) in [5.74, 6) is 0.649. The molecule has 0 aromatic carbocycles. The number of aliphatic hydroxyl groups is 1. The molecule has 2 aromatic rings. The van der Waals surface area contributed by atoms with Crippen molar-refractivity contribution in [1.29, 1.82) is 0 Å². The molecule has 0 radical (unpaired) electrons. The number of ether oxygens (including phenoxy) is 1. The van der Waals surface area contributed by atoms with Gasteiger partial charge in [-0.25, -0.2) is 9.78 Å². The van der Waals surface area contributed by atoms with Crippen molar-refractivity contribution in [2.45, 2.75) is 76.0 Å². The predicted octanol–water partition coefficient (Wildman–Crippen LogP) is 2.84. The number of rotatable bonds is 8. The predicted molar refractivity (Wildman–Crippen MR) is 132 cm³/mol. The van der Waals surface area contributed by atoms with Crippen LogP contribution in [-0.4, -0.2) is 80.5 Å².